The average molecular weight is 1450 g/mol. The molecule has 0 spiro atoms. The quantitative estimate of drug-likeness (QED) is 0.0427. The smallest absolute Gasteiger partial charge is 0.337 e. The van der Waals surface area contributed by atoms with E-state index in [4.69, 9.17) is 49.4 Å². The van der Waals surface area contributed by atoms with Crippen molar-refractivity contribution in [2.75, 3.05) is 17.7 Å². The summed E-state index contributed by atoms with van der Waals surface area (Å²) >= 11 is 18.6. The number of amides is 4. The summed E-state index contributed by atoms with van der Waals surface area (Å²) in [5.41, 5.74) is 2.08. The van der Waals surface area contributed by atoms with Crippen LogP contribution in [0.5, 0.6) is 0 Å². The van der Waals surface area contributed by atoms with Crippen LogP contribution < -0.4 is 21.3 Å². The van der Waals surface area contributed by atoms with E-state index in [1.165, 1.54) is 7.11 Å². The van der Waals surface area contributed by atoms with Gasteiger partial charge in [0.05, 0.1) is 49.7 Å². The molecule has 2 aliphatic carbocycles. The van der Waals surface area contributed by atoms with Crippen LogP contribution in [0.25, 0.3) is 0 Å². The van der Waals surface area contributed by atoms with Gasteiger partial charge >= 0.3 is 29.8 Å². The monoisotopic (exact) mass is 1450 g/mol. The van der Waals surface area contributed by atoms with Crippen LogP contribution in [0.2, 0.25) is 15.1 Å². The molecule has 6 atom stereocenters. The van der Waals surface area contributed by atoms with Crippen LogP contribution in [0.1, 0.15) is 271 Å². The van der Waals surface area contributed by atoms with Gasteiger partial charge < -0.3 is 100 Å². The zero-order chi connectivity index (χ0) is 73.5. The zero-order valence-electron chi connectivity index (χ0n) is 97.3. The van der Waals surface area contributed by atoms with Gasteiger partial charge in [-0.25, -0.2) is 14.4 Å². The van der Waals surface area contributed by atoms with Crippen LogP contribution in [0, 0.1) is 33.5 Å². The van der Waals surface area contributed by atoms with E-state index in [9.17, 15) is 53.4 Å². The Morgan fingerprint density at radius 2 is 0.847 bits per heavy atom. The summed E-state index contributed by atoms with van der Waals surface area (Å²) < 4.78 is 10.7. The number of rotatable bonds is 17. The van der Waals surface area contributed by atoms with Gasteiger partial charge in [0.2, 0.25) is 11.8 Å². The molecule has 610 valence electrons. The van der Waals surface area contributed by atoms with Gasteiger partial charge in [0.25, 0.3) is 11.8 Å². The fourth-order valence-corrected chi connectivity index (χ4v) is 12.7. The van der Waals surface area contributed by atoms with Gasteiger partial charge in [0.15, 0.2) is 0 Å². The molecule has 7 N–H and O–H groups in total. The first-order valence-electron chi connectivity index (χ1n) is 32.3. The van der Waals surface area contributed by atoms with Crippen LogP contribution in [-0.2, 0) is 67.3 Å². The number of esters is 2. The van der Waals surface area contributed by atoms with Gasteiger partial charge in [-0.15, -0.1) is 0 Å². The highest BCUT2D eigenvalue weighted by Crippen LogP contribution is 2.58. The number of hydrogen-bond acceptors (Lipinski definition) is 11. The fraction of sp³-hybridized carbons (Fsp3) is 0.494. The van der Waals surface area contributed by atoms with Crippen molar-refractivity contribution in [1.82, 2.24) is 10.6 Å². The van der Waals surface area contributed by atoms with Crippen molar-refractivity contribution in [2.24, 2.45) is 33.5 Å². The Morgan fingerprint density at radius 1 is 0.510 bits per heavy atom. The molecule has 4 amide bonds. The van der Waals surface area contributed by atoms with Gasteiger partial charge in [0, 0.05) is 36.1 Å². The first-order valence-corrected chi connectivity index (χ1v) is 33.4. The Hall–Kier alpha value is -7.80. The molecule has 0 aromatic heterocycles. The maximum absolute atomic E-state index is 13.6. The molecule has 0 aliphatic heterocycles. The second-order valence-corrected chi connectivity index (χ2v) is 32.2. The summed E-state index contributed by atoms with van der Waals surface area (Å²) in [6, 6.07) is 27.4. The number of benzene rings is 5. The molecule has 2 aliphatic rings. The standard InChI is InChI=1S/C35H47ClN2O6.C30H37ClN2O6.C11H13ClO2.CH4.38H/c1-32(2,3)22-13-16-24(26(36)20-22)28(39)37-23-14-11-21(12-15-23)19-27(30(41)43-10)38-29(40)25-17-18-35(9,34(25,7)8)31(42)44-33(4,5)6;1-28(2,3)18-9-12-20(22(31)16-18)24(34)32-19-10-7-17(8-11-19)15-23(26(36)37)33-25(35)21-13-14-30(6,27(38)39)29(21,4)5;1-11(2,3)7-4-5-8(10(13)14)9(12)6-7;;;;;;;;;;;;;;;;;;;;;;;;;;;;;;;;;;;;;;;/h11-16,20,25,27H,17-19H2,1-10H3,(H,37,39)(H,38,40);7-12,16,21,23H,13-15H2,1-6H3,(H,32,34)(H,33,35)(H,36,37)(H,38,39);4-6H,1-3H3,(H,13,14);1H4;;;;;;;;;;;;;;;;;;;;;;;;;;;;;;;;;;;;;;/q;;;;38*-1/t25-,27+,35+;21-,23+,30+;;;;;;;;;;;;;;;;;;;;;;;;;;;;;;;;;;;;;;;;/m11......................................../s1. The second kappa shape index (κ2) is 32.0. The zero-order valence-corrected chi connectivity index (χ0v) is 61.6. The van der Waals surface area contributed by atoms with Crippen molar-refractivity contribution in [3.05, 3.63) is 163 Å². The molecule has 2 fully saturated rings. The van der Waals surface area contributed by atoms with Gasteiger partial charge in [-0.2, -0.15) is 0 Å². The van der Waals surface area contributed by atoms with Gasteiger partial charge in [-0.05, 0) is 176 Å². The molecule has 21 heteroatoms. The van der Waals surface area contributed by atoms with E-state index in [-0.39, 0.29) is 120 Å². The van der Waals surface area contributed by atoms with E-state index in [1.54, 1.807) is 106 Å². The summed E-state index contributed by atoms with van der Waals surface area (Å²) in [7, 11) is 1.28. The number of halogens is 3. The lowest BCUT2D eigenvalue weighted by molar-refractivity contribution is -0.173. The summed E-state index contributed by atoms with van der Waals surface area (Å²) in [5, 5.41) is 40.4. The summed E-state index contributed by atoms with van der Waals surface area (Å²) in [5.74, 6) is -6.64. The van der Waals surface area contributed by atoms with Crippen LogP contribution in [0.3, 0.4) is 0 Å². The number of carboxylic acid groups (broad SMARTS) is 3. The molecule has 0 radical (unpaired) electrons. The van der Waals surface area contributed by atoms with Gasteiger partial charge in [-0.1, -0.05) is 175 Å². The average Bonchev–Trinajstić information content (AvgIpc) is 1.60. The minimum atomic E-state index is -1.19. The van der Waals surface area contributed by atoms with Crippen LogP contribution in [0.15, 0.2) is 103 Å². The number of anilines is 2. The Balaban J connectivity index is -0.0000000318. The van der Waals surface area contributed by atoms with E-state index >= 15 is 0 Å². The van der Waals surface area contributed by atoms with Crippen molar-refractivity contribution in [3.8, 4) is 0 Å². The summed E-state index contributed by atoms with van der Waals surface area (Å²) in [6.45, 7) is 34.8. The topological polar surface area (TPSA) is 281 Å². The van der Waals surface area contributed by atoms with E-state index in [2.05, 4.69) is 83.6 Å². The lowest BCUT2D eigenvalue weighted by Gasteiger charge is -2.40. The predicted octanol–water partition coefficient (Wildman–Crippen LogP) is 20.6. The molecule has 0 heterocycles. The Labute approximate surface area is 649 Å². The molecule has 5 aromatic carbocycles. The van der Waals surface area contributed by atoms with Crippen molar-refractivity contribution in [3.63, 3.8) is 0 Å². The SMILES string of the molecule is C.CC(C)(C)c1ccc(C(=O)Nc2ccc(C[C@H](NC(=O)[C@H]3CC[C@@](C)(C(=O)O)C3(C)C)C(=O)O)cc2)c(Cl)c1.CC(C)(C)c1ccc(C(=O)O)c(Cl)c1.COC(=O)[C@H](Cc1ccc(NC(=O)c2ccc(C(C)(C)C)cc2Cl)cc1)NC(=O)[C@H]1CC[C@@](C)(C(=O)OC(C)(C)C)C1(C)C.[H-].[H-].[H-].[H-].[H-].[H-].[H-].[H-].[H-].[H-].[H-].[H-].[H-].[H-].[H-].[H-].[H-].[H-].[H-].[H-].[H-].[H-].[H-].[H-].[H-].[H-].[H-].[H-].[H-].[H-].[H-].[H-].[H-].[H-].[H-].[H-].[H-].[H-]. The van der Waals surface area contributed by atoms with Crippen molar-refractivity contribution >= 4 is 99.7 Å². The van der Waals surface area contributed by atoms with E-state index in [0.717, 1.165) is 22.3 Å². The molecule has 5 aromatic rings. The number of aromatic carboxylic acids is 1. The first-order chi connectivity index (χ1) is 44.5. The number of hydrogen-bond donors (Lipinski definition) is 7. The number of ether oxygens (including phenoxy) is 2. The molecule has 0 unspecified atom stereocenters. The minimum absolute atomic E-state index is 0. The number of carboxylic acids is 3. The van der Waals surface area contributed by atoms with E-state index in [0.29, 0.717) is 68.8 Å². The van der Waals surface area contributed by atoms with Crippen LogP contribution in [0.4, 0.5) is 11.4 Å². The van der Waals surface area contributed by atoms with Gasteiger partial charge in [0.1, 0.15) is 17.7 Å². The van der Waals surface area contributed by atoms with Gasteiger partial charge in [-0.3, -0.25) is 28.8 Å². The largest absolute Gasteiger partial charge is 1.00 e. The molecule has 18 nitrogen and oxygen atoms in total. The normalized spacial score (nSPS) is 19.2. The summed E-state index contributed by atoms with van der Waals surface area (Å²) in [4.78, 5) is 113. The highest BCUT2D eigenvalue weighted by atomic mass is 35.5. The van der Waals surface area contributed by atoms with E-state index in [1.807, 2.05) is 59.7 Å². The van der Waals surface area contributed by atoms with Crippen LogP contribution in [-0.4, -0.2) is 93.6 Å². The number of nitrogens with one attached hydrogen (secondary N) is 4. The molecular weight excluding hydrogens is 1310 g/mol. The third-order valence-corrected chi connectivity index (χ3v) is 20.3. The fourth-order valence-electron chi connectivity index (χ4n) is 11.9. The van der Waals surface area contributed by atoms with Crippen molar-refractivity contribution in [1.29, 1.82) is 0 Å². The molecular formula is C77H139Cl3N4O14-38. The molecule has 98 heavy (non-hydrogen) atoms. The first kappa shape index (κ1) is 82.6. The molecule has 0 bridgehead atoms. The number of carbonyl (C=O) groups is 9. The molecule has 0 saturated heterocycles. The lowest BCUT2D eigenvalue weighted by atomic mass is 9.65. The predicted molar refractivity (Wildman–Crippen MR) is 429 cm³/mol. The van der Waals surface area contributed by atoms with E-state index < -0.39 is 81.0 Å². The third kappa shape index (κ3) is 20.2. The Kier molecular flexibility index (Phi) is 27.0. The van der Waals surface area contributed by atoms with Crippen molar-refractivity contribution in [2.45, 2.75) is 205 Å². The number of carbonyl (C=O) groups excluding carboxylic acids is 6. The lowest BCUT2D eigenvalue weighted by Crippen LogP contribution is -2.51. The maximum atomic E-state index is 13.6. The minimum Gasteiger partial charge on any atom is -1.00 e. The number of methoxy groups -OCH3 is 1. The highest BCUT2D eigenvalue weighted by Gasteiger charge is 2.60. The summed E-state index contributed by atoms with van der Waals surface area (Å²) in [6.07, 6.45) is 1.90. The molecule has 7 rings (SSSR count). The highest BCUT2D eigenvalue weighted by molar-refractivity contribution is 6.35. The second-order valence-electron chi connectivity index (χ2n) is 30.9. The Bertz CT molecular complexity index is 3880. The van der Waals surface area contributed by atoms with Crippen molar-refractivity contribution < 1.29 is 122 Å². The molecule has 2 saturated carbocycles. The third-order valence-electron chi connectivity index (χ3n) is 19.4. The van der Waals surface area contributed by atoms with Crippen LogP contribution >= 0.6 is 34.8 Å². The Morgan fingerprint density at radius 3 is 1.15 bits per heavy atom. The number of aliphatic carboxylic acids is 2. The maximum Gasteiger partial charge on any atom is 0.337 e.